The van der Waals surface area contributed by atoms with E-state index in [1.807, 2.05) is 24.3 Å². The normalized spacial score (nSPS) is 12.9. The van der Waals surface area contributed by atoms with E-state index in [-0.39, 0.29) is 6.10 Å². The molecule has 76 valence electrons. The molecule has 0 N–H and O–H groups in total. The molecule has 0 saturated carbocycles. The predicted octanol–water partition coefficient (Wildman–Crippen LogP) is 2.84. The molecule has 0 aliphatic heterocycles. The van der Waals surface area contributed by atoms with Crippen molar-refractivity contribution in [2.75, 3.05) is 7.11 Å². The highest BCUT2D eigenvalue weighted by atomic mass is 16.5. The standard InChI is InChI=1S/C12H16O2/c1-9(2)12(14-3)11-6-4-10(8-13)5-7-11/h4-9,12H,1-3H3/t12-/m1/s1. The van der Waals surface area contributed by atoms with Gasteiger partial charge < -0.3 is 4.74 Å². The minimum Gasteiger partial charge on any atom is -0.376 e. The number of methoxy groups -OCH3 is 1. The summed E-state index contributed by atoms with van der Waals surface area (Å²) in [5.41, 5.74) is 1.82. The van der Waals surface area contributed by atoms with Gasteiger partial charge >= 0.3 is 0 Å². The summed E-state index contributed by atoms with van der Waals surface area (Å²) in [5.74, 6) is 0.432. The van der Waals surface area contributed by atoms with Crippen molar-refractivity contribution in [3.63, 3.8) is 0 Å². The largest absolute Gasteiger partial charge is 0.376 e. The van der Waals surface area contributed by atoms with Gasteiger partial charge in [0, 0.05) is 12.7 Å². The van der Waals surface area contributed by atoms with Gasteiger partial charge in [-0.1, -0.05) is 38.1 Å². The Bertz CT molecular complexity index is 288. The molecule has 0 aliphatic rings. The number of carbonyl (C=O) groups excluding carboxylic acids is 1. The van der Waals surface area contributed by atoms with Crippen LogP contribution >= 0.6 is 0 Å². The fraction of sp³-hybridized carbons (Fsp3) is 0.417. The van der Waals surface area contributed by atoms with Crippen molar-refractivity contribution in [2.45, 2.75) is 20.0 Å². The number of hydrogen-bond acceptors (Lipinski definition) is 2. The van der Waals surface area contributed by atoms with Gasteiger partial charge in [-0.3, -0.25) is 4.79 Å². The predicted molar refractivity (Wildman–Crippen MR) is 56.4 cm³/mol. The molecule has 0 heterocycles. The second-order valence-corrected chi connectivity index (χ2v) is 3.68. The molecule has 0 aliphatic carbocycles. The highest BCUT2D eigenvalue weighted by molar-refractivity contribution is 5.74. The van der Waals surface area contributed by atoms with Gasteiger partial charge in [-0.05, 0) is 11.5 Å². The van der Waals surface area contributed by atoms with Gasteiger partial charge in [0.2, 0.25) is 0 Å². The van der Waals surface area contributed by atoms with Crippen LogP contribution in [0.5, 0.6) is 0 Å². The Balaban J connectivity index is 2.89. The van der Waals surface area contributed by atoms with E-state index >= 15 is 0 Å². The van der Waals surface area contributed by atoms with E-state index in [0.29, 0.717) is 11.5 Å². The fourth-order valence-corrected chi connectivity index (χ4v) is 1.56. The molecule has 2 heteroatoms. The molecule has 1 aromatic rings. The number of rotatable bonds is 4. The quantitative estimate of drug-likeness (QED) is 0.686. The van der Waals surface area contributed by atoms with Crippen LogP contribution in [0, 0.1) is 5.92 Å². The lowest BCUT2D eigenvalue weighted by atomic mass is 9.98. The Kier molecular flexibility index (Phi) is 3.84. The first-order chi connectivity index (χ1) is 6.69. The van der Waals surface area contributed by atoms with Crippen LogP contribution in [0.15, 0.2) is 24.3 Å². The number of carbonyl (C=O) groups is 1. The third kappa shape index (κ3) is 2.42. The summed E-state index contributed by atoms with van der Waals surface area (Å²) >= 11 is 0. The summed E-state index contributed by atoms with van der Waals surface area (Å²) in [7, 11) is 1.71. The maximum Gasteiger partial charge on any atom is 0.150 e. The van der Waals surface area contributed by atoms with Crippen LogP contribution in [0.1, 0.15) is 35.9 Å². The van der Waals surface area contributed by atoms with Gasteiger partial charge in [0.1, 0.15) is 6.29 Å². The molecule has 0 amide bonds. The zero-order chi connectivity index (χ0) is 10.6. The molecule has 0 bridgehead atoms. The molecular formula is C12H16O2. The Labute approximate surface area is 84.9 Å². The molecule has 0 unspecified atom stereocenters. The zero-order valence-corrected chi connectivity index (χ0v) is 8.86. The molecule has 1 rings (SSSR count). The van der Waals surface area contributed by atoms with Gasteiger partial charge in [-0.2, -0.15) is 0 Å². The first kappa shape index (κ1) is 10.9. The molecule has 0 fully saturated rings. The number of aldehydes is 1. The van der Waals surface area contributed by atoms with E-state index in [1.165, 1.54) is 0 Å². The molecule has 1 atom stereocenters. The summed E-state index contributed by atoms with van der Waals surface area (Å²) in [5, 5.41) is 0. The van der Waals surface area contributed by atoms with E-state index < -0.39 is 0 Å². The number of hydrogen-bond donors (Lipinski definition) is 0. The van der Waals surface area contributed by atoms with Crippen molar-refractivity contribution in [2.24, 2.45) is 5.92 Å². The molecule has 14 heavy (non-hydrogen) atoms. The summed E-state index contributed by atoms with van der Waals surface area (Å²) < 4.78 is 5.38. The smallest absolute Gasteiger partial charge is 0.150 e. The summed E-state index contributed by atoms with van der Waals surface area (Å²) in [6, 6.07) is 7.52. The minimum absolute atomic E-state index is 0.107. The Morgan fingerprint density at radius 2 is 1.79 bits per heavy atom. The van der Waals surface area contributed by atoms with Crippen molar-refractivity contribution in [1.29, 1.82) is 0 Å². The fourth-order valence-electron chi connectivity index (χ4n) is 1.56. The lowest BCUT2D eigenvalue weighted by Crippen LogP contribution is -2.08. The first-order valence-electron chi connectivity index (χ1n) is 4.77. The lowest BCUT2D eigenvalue weighted by Gasteiger charge is -2.19. The van der Waals surface area contributed by atoms with Gasteiger partial charge in [0.15, 0.2) is 0 Å². The van der Waals surface area contributed by atoms with E-state index in [4.69, 9.17) is 4.74 Å². The van der Waals surface area contributed by atoms with Crippen molar-refractivity contribution >= 4 is 6.29 Å². The van der Waals surface area contributed by atoms with Crippen LogP contribution in [-0.4, -0.2) is 13.4 Å². The van der Waals surface area contributed by atoms with Gasteiger partial charge in [0.25, 0.3) is 0 Å². The Hall–Kier alpha value is -1.15. The second-order valence-electron chi connectivity index (χ2n) is 3.68. The lowest BCUT2D eigenvalue weighted by molar-refractivity contribution is 0.0646. The maximum atomic E-state index is 10.5. The summed E-state index contributed by atoms with van der Waals surface area (Å²) in [6.45, 7) is 4.23. The molecule has 0 spiro atoms. The minimum atomic E-state index is 0.107. The third-order valence-corrected chi connectivity index (χ3v) is 2.26. The molecule has 0 saturated heterocycles. The highest BCUT2D eigenvalue weighted by Gasteiger charge is 2.14. The molecule has 2 nitrogen and oxygen atoms in total. The molecule has 0 radical (unpaired) electrons. The average Bonchev–Trinajstić information content (AvgIpc) is 2.19. The highest BCUT2D eigenvalue weighted by Crippen LogP contribution is 2.24. The van der Waals surface area contributed by atoms with Gasteiger partial charge in [-0.25, -0.2) is 0 Å². The summed E-state index contributed by atoms with van der Waals surface area (Å²) in [4.78, 5) is 10.5. The number of ether oxygens (including phenoxy) is 1. The number of benzene rings is 1. The van der Waals surface area contributed by atoms with Crippen LogP contribution in [0.3, 0.4) is 0 Å². The van der Waals surface area contributed by atoms with Gasteiger partial charge in [-0.15, -0.1) is 0 Å². The third-order valence-electron chi connectivity index (χ3n) is 2.26. The maximum absolute atomic E-state index is 10.5. The van der Waals surface area contributed by atoms with Crippen LogP contribution in [0.25, 0.3) is 0 Å². The molecule has 0 aromatic heterocycles. The first-order valence-corrected chi connectivity index (χ1v) is 4.77. The summed E-state index contributed by atoms with van der Waals surface area (Å²) in [6.07, 6.45) is 0.955. The van der Waals surface area contributed by atoms with E-state index in [2.05, 4.69) is 13.8 Å². The topological polar surface area (TPSA) is 26.3 Å². The van der Waals surface area contributed by atoms with Gasteiger partial charge in [0.05, 0.1) is 6.10 Å². The monoisotopic (exact) mass is 192 g/mol. The molecular weight excluding hydrogens is 176 g/mol. The van der Waals surface area contributed by atoms with Crippen LogP contribution < -0.4 is 0 Å². The van der Waals surface area contributed by atoms with Crippen LogP contribution in [0.4, 0.5) is 0 Å². The van der Waals surface area contributed by atoms with Crippen molar-refractivity contribution in [3.05, 3.63) is 35.4 Å². The molecule has 1 aromatic carbocycles. The SMILES string of the molecule is CO[C@@H](c1ccc(C=O)cc1)C(C)C. The van der Waals surface area contributed by atoms with Crippen molar-refractivity contribution < 1.29 is 9.53 Å². The van der Waals surface area contributed by atoms with E-state index in [1.54, 1.807) is 7.11 Å². The van der Waals surface area contributed by atoms with Crippen molar-refractivity contribution in [1.82, 2.24) is 0 Å². The van der Waals surface area contributed by atoms with E-state index in [9.17, 15) is 4.79 Å². The zero-order valence-electron chi connectivity index (χ0n) is 8.86. The Morgan fingerprint density at radius 1 is 1.21 bits per heavy atom. The van der Waals surface area contributed by atoms with Crippen LogP contribution in [0.2, 0.25) is 0 Å². The van der Waals surface area contributed by atoms with E-state index in [0.717, 1.165) is 11.8 Å². The van der Waals surface area contributed by atoms with Crippen LogP contribution in [-0.2, 0) is 4.74 Å². The average molecular weight is 192 g/mol. The second kappa shape index (κ2) is 4.91. The Morgan fingerprint density at radius 3 is 2.14 bits per heavy atom. The van der Waals surface area contributed by atoms with Crippen molar-refractivity contribution in [3.8, 4) is 0 Å².